The third-order valence-electron chi connectivity index (χ3n) is 4.20. The van der Waals surface area contributed by atoms with Crippen molar-refractivity contribution >= 4 is 11.9 Å². The number of aliphatic hydroxyl groups is 1. The van der Waals surface area contributed by atoms with E-state index in [-0.39, 0.29) is 24.0 Å². The van der Waals surface area contributed by atoms with Crippen LogP contribution in [0.15, 0.2) is 24.3 Å². The number of hydrogen-bond donors (Lipinski definition) is 2. The highest BCUT2D eigenvalue weighted by molar-refractivity contribution is 5.89. The molecule has 1 aliphatic rings. The van der Waals surface area contributed by atoms with E-state index in [0.29, 0.717) is 18.7 Å². The third-order valence-corrected chi connectivity index (χ3v) is 4.20. The molecule has 1 fully saturated rings. The van der Waals surface area contributed by atoms with E-state index in [0.717, 1.165) is 24.9 Å². The van der Waals surface area contributed by atoms with Crippen LogP contribution in [-0.4, -0.2) is 54.2 Å². The van der Waals surface area contributed by atoms with Crippen LogP contribution in [-0.2, 0) is 16.1 Å². The molecule has 0 spiro atoms. The fourth-order valence-electron chi connectivity index (χ4n) is 2.71. The molecule has 1 aliphatic heterocycles. The van der Waals surface area contributed by atoms with Gasteiger partial charge in [0.2, 0.25) is 5.91 Å². The van der Waals surface area contributed by atoms with Crippen LogP contribution in [0, 0.1) is 0 Å². The van der Waals surface area contributed by atoms with Gasteiger partial charge in [-0.05, 0) is 44.0 Å². The number of carbonyl (C=O) groups excluding carboxylic acids is 2. The molecule has 23 heavy (non-hydrogen) atoms. The van der Waals surface area contributed by atoms with Crippen LogP contribution in [0.2, 0.25) is 0 Å². The van der Waals surface area contributed by atoms with Gasteiger partial charge in [0.25, 0.3) is 0 Å². The number of piperidine rings is 1. The predicted octanol–water partition coefficient (Wildman–Crippen LogP) is 0.935. The van der Waals surface area contributed by atoms with Gasteiger partial charge in [0.15, 0.2) is 0 Å². The minimum absolute atomic E-state index is 0.0591. The molecule has 1 aromatic carbocycles. The number of rotatable bonds is 5. The van der Waals surface area contributed by atoms with Crippen LogP contribution >= 0.6 is 0 Å². The summed E-state index contributed by atoms with van der Waals surface area (Å²) in [7, 11) is 1.34. The minimum atomic E-state index is -0.377. The van der Waals surface area contributed by atoms with Crippen molar-refractivity contribution in [2.45, 2.75) is 38.5 Å². The number of hydrogen-bond acceptors (Lipinski definition) is 5. The van der Waals surface area contributed by atoms with Crippen molar-refractivity contribution in [2.75, 3.05) is 20.2 Å². The van der Waals surface area contributed by atoms with E-state index < -0.39 is 0 Å². The minimum Gasteiger partial charge on any atom is -0.465 e. The zero-order chi connectivity index (χ0) is 16.8. The van der Waals surface area contributed by atoms with Gasteiger partial charge >= 0.3 is 5.97 Å². The first kappa shape index (κ1) is 17.4. The Labute approximate surface area is 136 Å². The van der Waals surface area contributed by atoms with Crippen LogP contribution in [0.4, 0.5) is 0 Å². The highest BCUT2D eigenvalue weighted by Gasteiger charge is 2.26. The van der Waals surface area contributed by atoms with Crippen LogP contribution in [0.3, 0.4) is 0 Å². The maximum atomic E-state index is 12.2. The molecule has 1 saturated heterocycles. The van der Waals surface area contributed by atoms with Gasteiger partial charge in [-0.25, -0.2) is 4.79 Å². The third kappa shape index (κ3) is 4.77. The molecule has 0 aromatic heterocycles. The van der Waals surface area contributed by atoms with Crippen LogP contribution in [0.25, 0.3) is 0 Å². The summed E-state index contributed by atoms with van der Waals surface area (Å²) in [6, 6.07) is 6.68. The standard InChI is InChI=1S/C17H24N2O4/c1-12(19-9-3-4-15(20)11-19)16(21)18-10-13-5-7-14(8-6-13)17(22)23-2/h5-8,12,15,20H,3-4,9-11H2,1-2H3,(H,18,21). The molecule has 0 saturated carbocycles. The zero-order valence-corrected chi connectivity index (χ0v) is 13.6. The van der Waals surface area contributed by atoms with Gasteiger partial charge in [0.05, 0.1) is 24.8 Å². The Morgan fingerprint density at radius 1 is 1.39 bits per heavy atom. The Hall–Kier alpha value is -1.92. The Bertz CT molecular complexity index is 544. The van der Waals surface area contributed by atoms with Crippen LogP contribution in [0.5, 0.6) is 0 Å². The van der Waals surface area contributed by atoms with Crippen LogP contribution in [0.1, 0.15) is 35.7 Å². The lowest BCUT2D eigenvalue weighted by atomic mass is 10.1. The maximum absolute atomic E-state index is 12.2. The largest absolute Gasteiger partial charge is 0.465 e. The molecule has 6 nitrogen and oxygen atoms in total. The topological polar surface area (TPSA) is 78.9 Å². The summed E-state index contributed by atoms with van der Waals surface area (Å²) in [5.41, 5.74) is 1.40. The van der Waals surface area contributed by atoms with Crippen molar-refractivity contribution in [2.24, 2.45) is 0 Å². The number of aliphatic hydroxyl groups excluding tert-OH is 1. The summed E-state index contributed by atoms with van der Waals surface area (Å²) in [6.07, 6.45) is 1.37. The molecular weight excluding hydrogens is 296 g/mol. The lowest BCUT2D eigenvalue weighted by Gasteiger charge is -2.33. The number of carbonyl (C=O) groups is 2. The second-order valence-corrected chi connectivity index (χ2v) is 5.87. The second-order valence-electron chi connectivity index (χ2n) is 5.87. The molecule has 2 N–H and O–H groups in total. The second kappa shape index (κ2) is 8.08. The van der Waals surface area contributed by atoms with E-state index in [2.05, 4.69) is 10.1 Å². The van der Waals surface area contributed by atoms with Crippen molar-refractivity contribution in [3.05, 3.63) is 35.4 Å². The summed E-state index contributed by atoms with van der Waals surface area (Å²) in [5, 5.41) is 12.6. The number of β-amino-alcohol motifs (C(OH)–C–C–N with tert-alkyl or cyclic N) is 1. The Morgan fingerprint density at radius 2 is 2.09 bits per heavy atom. The molecule has 2 atom stereocenters. The molecular formula is C17H24N2O4. The molecule has 1 heterocycles. The molecule has 1 aromatic rings. The number of amides is 1. The average molecular weight is 320 g/mol. The molecule has 6 heteroatoms. The molecule has 0 bridgehead atoms. The highest BCUT2D eigenvalue weighted by Crippen LogP contribution is 2.13. The maximum Gasteiger partial charge on any atom is 0.337 e. The van der Waals surface area contributed by atoms with Crippen molar-refractivity contribution in [3.63, 3.8) is 0 Å². The van der Waals surface area contributed by atoms with Gasteiger partial charge in [-0.15, -0.1) is 0 Å². The number of nitrogens with one attached hydrogen (secondary N) is 1. The summed E-state index contributed by atoms with van der Waals surface area (Å²) in [5.74, 6) is -0.436. The van der Waals surface area contributed by atoms with Gasteiger partial charge in [-0.2, -0.15) is 0 Å². The predicted molar refractivity (Wildman–Crippen MR) is 85.9 cm³/mol. The van der Waals surface area contributed by atoms with Crippen molar-refractivity contribution < 1.29 is 19.4 Å². The Morgan fingerprint density at radius 3 is 2.70 bits per heavy atom. The first-order valence-corrected chi connectivity index (χ1v) is 7.88. The fraction of sp³-hybridized carbons (Fsp3) is 0.529. The lowest BCUT2D eigenvalue weighted by molar-refractivity contribution is -0.127. The first-order chi connectivity index (χ1) is 11.0. The monoisotopic (exact) mass is 320 g/mol. The van der Waals surface area contributed by atoms with Gasteiger partial charge in [-0.1, -0.05) is 12.1 Å². The fourth-order valence-corrected chi connectivity index (χ4v) is 2.71. The number of ether oxygens (including phenoxy) is 1. The smallest absolute Gasteiger partial charge is 0.337 e. The van der Waals surface area contributed by atoms with E-state index in [4.69, 9.17) is 0 Å². The van der Waals surface area contributed by atoms with Crippen LogP contribution < -0.4 is 5.32 Å². The molecule has 2 rings (SSSR count). The quantitative estimate of drug-likeness (QED) is 0.789. The van der Waals surface area contributed by atoms with Crippen molar-refractivity contribution in [3.8, 4) is 0 Å². The Kier molecular flexibility index (Phi) is 6.12. The Balaban J connectivity index is 1.84. The molecule has 2 unspecified atom stereocenters. The highest BCUT2D eigenvalue weighted by atomic mass is 16.5. The number of likely N-dealkylation sites (tertiary alicyclic amines) is 1. The molecule has 1 amide bonds. The van der Waals surface area contributed by atoms with E-state index in [1.54, 1.807) is 24.3 Å². The summed E-state index contributed by atoms with van der Waals surface area (Å²) in [6.45, 7) is 3.64. The molecule has 126 valence electrons. The van der Waals surface area contributed by atoms with E-state index in [1.807, 2.05) is 11.8 Å². The van der Waals surface area contributed by atoms with Gasteiger partial charge in [0.1, 0.15) is 0 Å². The average Bonchev–Trinajstić information content (AvgIpc) is 2.58. The van der Waals surface area contributed by atoms with E-state index >= 15 is 0 Å². The first-order valence-electron chi connectivity index (χ1n) is 7.88. The number of esters is 1. The summed E-state index contributed by atoms with van der Waals surface area (Å²) >= 11 is 0. The van der Waals surface area contributed by atoms with E-state index in [1.165, 1.54) is 7.11 Å². The number of benzene rings is 1. The zero-order valence-electron chi connectivity index (χ0n) is 13.6. The van der Waals surface area contributed by atoms with E-state index in [9.17, 15) is 14.7 Å². The number of nitrogens with zero attached hydrogens (tertiary/aromatic N) is 1. The lowest BCUT2D eigenvalue weighted by Crippen LogP contribution is -2.50. The normalized spacial score (nSPS) is 19.9. The van der Waals surface area contributed by atoms with Gasteiger partial charge in [-0.3, -0.25) is 9.69 Å². The summed E-state index contributed by atoms with van der Waals surface area (Å²) < 4.78 is 4.65. The molecule has 0 radical (unpaired) electrons. The summed E-state index contributed by atoms with van der Waals surface area (Å²) in [4.78, 5) is 25.6. The van der Waals surface area contributed by atoms with Crippen molar-refractivity contribution in [1.82, 2.24) is 10.2 Å². The number of methoxy groups -OCH3 is 1. The van der Waals surface area contributed by atoms with Crippen molar-refractivity contribution in [1.29, 1.82) is 0 Å². The van der Waals surface area contributed by atoms with Gasteiger partial charge < -0.3 is 15.2 Å². The SMILES string of the molecule is COC(=O)c1ccc(CNC(=O)C(C)N2CCCC(O)C2)cc1. The van der Waals surface area contributed by atoms with Gasteiger partial charge in [0, 0.05) is 13.1 Å². The molecule has 0 aliphatic carbocycles.